The summed E-state index contributed by atoms with van der Waals surface area (Å²) < 4.78 is 185. The van der Waals surface area contributed by atoms with E-state index in [1.54, 1.807) is 0 Å². The van der Waals surface area contributed by atoms with E-state index in [2.05, 4.69) is 0 Å². The SMILES string of the molecule is Fc1c(F)c(N(F)F)c(F)c(F)c1-c1c(F)c(F)c(N(F)F)c(F)c1C(F)(F)F. The minimum absolute atomic E-state index is 2.53. The molecule has 0 heterocycles. The van der Waals surface area contributed by atoms with Gasteiger partial charge in [0, 0.05) is 5.56 Å². The molecule has 160 valence electrons. The molecule has 0 unspecified atom stereocenters. The summed E-state index contributed by atoms with van der Waals surface area (Å²) in [6.45, 7) is 0. The molecule has 29 heavy (non-hydrogen) atoms. The van der Waals surface area contributed by atoms with Crippen molar-refractivity contribution in [1.82, 2.24) is 0 Å². The topological polar surface area (TPSA) is 6.48 Å². The third-order valence-corrected chi connectivity index (χ3v) is 3.41. The number of benzene rings is 2. The van der Waals surface area contributed by atoms with E-state index >= 15 is 0 Å². The molecule has 16 heteroatoms. The van der Waals surface area contributed by atoms with Gasteiger partial charge in [-0.15, -0.1) is 0 Å². The minimum Gasteiger partial charge on any atom is -0.204 e. The van der Waals surface area contributed by atoms with Gasteiger partial charge < -0.3 is 0 Å². The zero-order valence-electron chi connectivity index (χ0n) is 12.7. The second-order valence-corrected chi connectivity index (χ2v) is 4.98. The molecule has 0 aromatic heterocycles. The van der Waals surface area contributed by atoms with E-state index in [-0.39, 0.29) is 0 Å². The van der Waals surface area contributed by atoms with Crippen molar-refractivity contribution in [2.75, 3.05) is 10.7 Å². The molecule has 0 saturated carbocycles. The van der Waals surface area contributed by atoms with Crippen LogP contribution in [0.4, 0.5) is 73.2 Å². The monoisotopic (exact) mass is 450 g/mol. The lowest BCUT2D eigenvalue weighted by atomic mass is 9.95. The summed E-state index contributed by atoms with van der Waals surface area (Å²) in [5.74, 6) is -22.0. The van der Waals surface area contributed by atoms with E-state index in [4.69, 9.17) is 0 Å². The molecule has 0 amide bonds. The van der Waals surface area contributed by atoms with E-state index < -0.39 is 85.7 Å². The van der Waals surface area contributed by atoms with Gasteiger partial charge in [0.25, 0.3) is 0 Å². The number of rotatable bonds is 3. The molecule has 0 saturated heterocycles. The van der Waals surface area contributed by atoms with Gasteiger partial charge in [-0.1, -0.05) is 17.9 Å². The summed E-state index contributed by atoms with van der Waals surface area (Å²) in [5.41, 5.74) is -14.7. The maximum absolute atomic E-state index is 14.0. The van der Waals surface area contributed by atoms with Crippen LogP contribution in [0.3, 0.4) is 0 Å². The first kappa shape index (κ1) is 22.4. The molecule has 0 aliphatic rings. The van der Waals surface area contributed by atoms with Gasteiger partial charge in [-0.2, -0.15) is 13.2 Å². The highest BCUT2D eigenvalue weighted by Gasteiger charge is 2.45. The molecule has 0 aliphatic heterocycles. The quantitative estimate of drug-likeness (QED) is 0.300. The van der Waals surface area contributed by atoms with Crippen LogP contribution in [0.5, 0.6) is 0 Å². The highest BCUT2D eigenvalue weighted by Crippen LogP contribution is 2.48. The van der Waals surface area contributed by atoms with Crippen molar-refractivity contribution in [3.05, 3.63) is 46.3 Å². The van der Waals surface area contributed by atoms with Gasteiger partial charge in [0.2, 0.25) is 0 Å². The van der Waals surface area contributed by atoms with Gasteiger partial charge in [-0.05, 0) is 10.7 Å². The first-order valence-corrected chi connectivity index (χ1v) is 6.51. The van der Waals surface area contributed by atoms with Crippen molar-refractivity contribution in [3.63, 3.8) is 0 Å². The minimum atomic E-state index is -6.28. The van der Waals surface area contributed by atoms with Crippen molar-refractivity contribution in [2.45, 2.75) is 6.18 Å². The molecule has 0 fully saturated rings. The van der Waals surface area contributed by atoms with Crippen LogP contribution in [0.25, 0.3) is 11.1 Å². The Kier molecular flexibility index (Phi) is 5.51. The van der Waals surface area contributed by atoms with Crippen LogP contribution in [0.1, 0.15) is 5.56 Å². The van der Waals surface area contributed by atoms with Crippen molar-refractivity contribution in [1.29, 1.82) is 0 Å². The lowest BCUT2D eigenvalue weighted by Gasteiger charge is -2.20. The highest BCUT2D eigenvalue weighted by molar-refractivity contribution is 5.75. The standard InChI is InChI=1S/C13F14N2/c14-4-1(2-5(15)9(19)12(29(26)27)10(20)6(2)16)3(13(21,22)23)7(17)11(8(4)18)28(24)25. The normalized spacial score (nSPS) is 11.8. The second-order valence-electron chi connectivity index (χ2n) is 4.98. The van der Waals surface area contributed by atoms with Gasteiger partial charge in [-0.3, -0.25) is 0 Å². The lowest BCUT2D eigenvalue weighted by molar-refractivity contribution is -0.139. The van der Waals surface area contributed by atoms with Gasteiger partial charge in [-0.25, -0.2) is 30.7 Å². The second kappa shape index (κ2) is 7.14. The zero-order valence-corrected chi connectivity index (χ0v) is 12.7. The third kappa shape index (κ3) is 3.35. The Morgan fingerprint density at radius 2 is 0.759 bits per heavy atom. The maximum atomic E-state index is 14.0. The third-order valence-electron chi connectivity index (χ3n) is 3.41. The number of nitrogens with zero attached hydrogens (tertiary/aromatic N) is 2. The van der Waals surface area contributed by atoms with Gasteiger partial charge in [0.05, 0.1) is 5.56 Å². The van der Waals surface area contributed by atoms with Crippen LogP contribution < -0.4 is 10.7 Å². The highest BCUT2D eigenvalue weighted by atomic mass is 19.4. The average Bonchev–Trinajstić information content (AvgIpc) is 2.56. The van der Waals surface area contributed by atoms with Crippen molar-refractivity contribution in [2.24, 2.45) is 0 Å². The Bertz CT molecular complexity index is 952. The van der Waals surface area contributed by atoms with E-state index in [9.17, 15) is 61.8 Å². The molecule has 0 radical (unpaired) electrons. The molecule has 0 aliphatic carbocycles. The van der Waals surface area contributed by atoms with Gasteiger partial charge in [0.1, 0.15) is 5.56 Å². The van der Waals surface area contributed by atoms with Crippen molar-refractivity contribution >= 4 is 11.4 Å². The summed E-state index contributed by atoms with van der Waals surface area (Å²) in [4.78, 5) is 0. The van der Waals surface area contributed by atoms with E-state index in [1.807, 2.05) is 0 Å². The van der Waals surface area contributed by atoms with E-state index in [0.29, 0.717) is 0 Å². The zero-order chi connectivity index (χ0) is 22.6. The number of alkyl halides is 3. The summed E-state index contributed by atoms with van der Waals surface area (Å²) in [5, 5.41) is -5.18. The Balaban J connectivity index is 3.16. The van der Waals surface area contributed by atoms with Crippen LogP contribution in [0.15, 0.2) is 0 Å². The fourth-order valence-corrected chi connectivity index (χ4v) is 2.29. The molecule has 0 N–H and O–H groups in total. The molecule has 0 bridgehead atoms. The van der Waals surface area contributed by atoms with E-state index in [0.717, 1.165) is 0 Å². The molecule has 0 spiro atoms. The fraction of sp³-hybridized carbons (Fsp3) is 0.0769. The number of anilines is 2. The van der Waals surface area contributed by atoms with Gasteiger partial charge >= 0.3 is 6.18 Å². The van der Waals surface area contributed by atoms with Crippen molar-refractivity contribution < 1.29 is 61.8 Å². The number of hydrogen-bond acceptors (Lipinski definition) is 2. The summed E-state index contributed by atoms with van der Waals surface area (Å²) in [6.07, 6.45) is -6.28. The summed E-state index contributed by atoms with van der Waals surface area (Å²) >= 11 is 0. The molecular formula is C13F14N2. The number of hydrogen-bond donors (Lipinski definition) is 0. The molecule has 2 aromatic carbocycles. The van der Waals surface area contributed by atoms with Crippen LogP contribution in [0.2, 0.25) is 0 Å². The molecule has 2 aromatic rings. The van der Waals surface area contributed by atoms with Crippen molar-refractivity contribution in [3.8, 4) is 11.1 Å². The Morgan fingerprint density at radius 3 is 1.07 bits per heavy atom. The van der Waals surface area contributed by atoms with Gasteiger partial charge in [0.15, 0.2) is 52.1 Å². The van der Waals surface area contributed by atoms with Crippen LogP contribution in [0, 0.1) is 40.7 Å². The summed E-state index contributed by atoms with van der Waals surface area (Å²) in [7, 11) is 0. The fourth-order valence-electron chi connectivity index (χ4n) is 2.29. The smallest absolute Gasteiger partial charge is 0.204 e. The molecule has 2 rings (SSSR count). The lowest BCUT2D eigenvalue weighted by Crippen LogP contribution is -2.19. The first-order valence-electron chi connectivity index (χ1n) is 6.51. The van der Waals surface area contributed by atoms with Crippen LogP contribution in [-0.2, 0) is 6.18 Å². The first-order chi connectivity index (χ1) is 13.1. The number of halogens is 14. The predicted molar refractivity (Wildman–Crippen MR) is 66.0 cm³/mol. The molecule has 2 nitrogen and oxygen atoms in total. The Morgan fingerprint density at radius 1 is 0.448 bits per heavy atom. The Hall–Kier alpha value is -2.94. The predicted octanol–water partition coefficient (Wildman–Crippen LogP) is 6.50. The average molecular weight is 450 g/mol. The van der Waals surface area contributed by atoms with Crippen LogP contribution >= 0.6 is 0 Å². The van der Waals surface area contributed by atoms with Crippen LogP contribution in [-0.4, -0.2) is 0 Å². The molecule has 0 atom stereocenters. The summed E-state index contributed by atoms with van der Waals surface area (Å²) in [6, 6.07) is 0. The Labute approximate surface area is 148 Å². The molecular weight excluding hydrogens is 450 g/mol. The largest absolute Gasteiger partial charge is 0.420 e. The van der Waals surface area contributed by atoms with E-state index in [1.165, 1.54) is 0 Å². The maximum Gasteiger partial charge on any atom is 0.420 e.